The van der Waals surface area contributed by atoms with E-state index in [2.05, 4.69) is 9.97 Å². The molecule has 1 N–H and O–H groups in total. The highest BCUT2D eigenvalue weighted by molar-refractivity contribution is 5.79. The van der Waals surface area contributed by atoms with Crippen LogP contribution in [0, 0.1) is 5.41 Å². The smallest absolute Gasteiger partial charge is 0.236 e. The molecule has 0 aliphatic carbocycles. The van der Waals surface area contributed by atoms with Gasteiger partial charge in [-0.3, -0.25) is 9.59 Å². The molecule has 2 fully saturated rings. The fourth-order valence-corrected chi connectivity index (χ4v) is 4.11. The monoisotopic (exact) mass is 347 g/mol. The van der Waals surface area contributed by atoms with Gasteiger partial charge in [0.25, 0.3) is 0 Å². The van der Waals surface area contributed by atoms with Crippen molar-refractivity contribution in [1.29, 1.82) is 0 Å². The molecular formula is C18H29N5O2. The Kier molecular flexibility index (Phi) is 5.42. The van der Waals surface area contributed by atoms with Crippen LogP contribution in [-0.2, 0) is 16.0 Å². The van der Waals surface area contributed by atoms with Gasteiger partial charge in [0.15, 0.2) is 0 Å². The lowest BCUT2D eigenvalue weighted by Crippen LogP contribution is -2.56. The SMILES string of the molecule is CN(C)CC(=O)N1CCCC2(CCC(=O)N(CCc3cnc[nH]3)C2)C1. The fourth-order valence-electron chi connectivity index (χ4n) is 4.11. The third-order valence-corrected chi connectivity index (χ3v) is 5.42. The van der Waals surface area contributed by atoms with Crippen LogP contribution in [0.4, 0.5) is 0 Å². The van der Waals surface area contributed by atoms with E-state index >= 15 is 0 Å². The average molecular weight is 347 g/mol. The summed E-state index contributed by atoms with van der Waals surface area (Å²) in [6.07, 6.45) is 7.91. The number of rotatable bonds is 5. The predicted molar refractivity (Wildman–Crippen MR) is 94.9 cm³/mol. The molecule has 0 bridgehead atoms. The summed E-state index contributed by atoms with van der Waals surface area (Å²) in [6, 6.07) is 0. The molecule has 0 radical (unpaired) electrons. The quantitative estimate of drug-likeness (QED) is 0.853. The molecule has 7 nitrogen and oxygen atoms in total. The van der Waals surface area contributed by atoms with Crippen molar-refractivity contribution in [2.45, 2.75) is 32.1 Å². The second-order valence-electron chi connectivity index (χ2n) is 7.80. The number of aromatic amines is 1. The number of aromatic nitrogens is 2. The Morgan fingerprint density at radius 3 is 2.92 bits per heavy atom. The van der Waals surface area contributed by atoms with Gasteiger partial charge in [-0.05, 0) is 33.4 Å². The van der Waals surface area contributed by atoms with Crippen molar-refractivity contribution in [3.8, 4) is 0 Å². The Hall–Kier alpha value is -1.89. The van der Waals surface area contributed by atoms with E-state index in [1.165, 1.54) is 0 Å². The maximum atomic E-state index is 12.5. The number of amides is 2. The van der Waals surface area contributed by atoms with Crippen molar-refractivity contribution >= 4 is 11.8 Å². The van der Waals surface area contributed by atoms with Crippen molar-refractivity contribution < 1.29 is 9.59 Å². The number of nitrogens with one attached hydrogen (secondary N) is 1. The summed E-state index contributed by atoms with van der Waals surface area (Å²) in [5, 5.41) is 0. The van der Waals surface area contributed by atoms with Gasteiger partial charge >= 0.3 is 0 Å². The maximum absolute atomic E-state index is 12.5. The fraction of sp³-hybridized carbons (Fsp3) is 0.722. The average Bonchev–Trinajstić information content (AvgIpc) is 3.09. The number of nitrogens with zero attached hydrogens (tertiary/aromatic N) is 4. The Morgan fingerprint density at radius 1 is 1.36 bits per heavy atom. The molecule has 25 heavy (non-hydrogen) atoms. The molecule has 1 aromatic rings. The van der Waals surface area contributed by atoms with Gasteiger partial charge < -0.3 is 19.7 Å². The summed E-state index contributed by atoms with van der Waals surface area (Å²) in [4.78, 5) is 37.9. The lowest BCUT2D eigenvalue weighted by Gasteiger charge is -2.48. The number of likely N-dealkylation sites (N-methyl/N-ethyl adjacent to an activating group) is 1. The molecule has 1 atom stereocenters. The van der Waals surface area contributed by atoms with Crippen LogP contribution >= 0.6 is 0 Å². The van der Waals surface area contributed by atoms with Crippen molar-refractivity contribution in [2.75, 3.05) is 46.8 Å². The van der Waals surface area contributed by atoms with E-state index in [0.717, 1.165) is 51.0 Å². The summed E-state index contributed by atoms with van der Waals surface area (Å²) >= 11 is 0. The van der Waals surface area contributed by atoms with Gasteiger partial charge in [0.05, 0.1) is 12.9 Å². The first kappa shape index (κ1) is 17.9. The predicted octanol–water partition coefficient (Wildman–Crippen LogP) is 0.745. The topological polar surface area (TPSA) is 72.5 Å². The van der Waals surface area contributed by atoms with Gasteiger partial charge in [-0.25, -0.2) is 4.98 Å². The number of hydrogen-bond donors (Lipinski definition) is 1. The first-order chi connectivity index (χ1) is 12.0. The molecule has 2 saturated heterocycles. The van der Waals surface area contributed by atoms with E-state index in [-0.39, 0.29) is 17.2 Å². The lowest BCUT2D eigenvalue weighted by molar-refractivity contribution is -0.143. The van der Waals surface area contributed by atoms with Crippen LogP contribution in [0.1, 0.15) is 31.4 Å². The number of piperidine rings is 2. The molecule has 7 heteroatoms. The Morgan fingerprint density at radius 2 is 2.20 bits per heavy atom. The third-order valence-electron chi connectivity index (χ3n) is 5.42. The van der Waals surface area contributed by atoms with Gasteiger partial charge in [0.2, 0.25) is 11.8 Å². The number of carbonyl (C=O) groups excluding carboxylic acids is 2. The van der Waals surface area contributed by atoms with Crippen molar-refractivity contribution in [1.82, 2.24) is 24.7 Å². The molecule has 2 aliphatic rings. The number of likely N-dealkylation sites (tertiary alicyclic amines) is 2. The molecule has 1 aromatic heterocycles. The van der Waals surface area contributed by atoms with Crippen LogP contribution in [-0.4, -0.2) is 83.3 Å². The van der Waals surface area contributed by atoms with Gasteiger partial charge in [-0.2, -0.15) is 0 Å². The number of imidazole rings is 1. The van der Waals surface area contributed by atoms with Gasteiger partial charge in [-0.15, -0.1) is 0 Å². The lowest BCUT2D eigenvalue weighted by atomic mass is 9.73. The van der Waals surface area contributed by atoms with Crippen molar-refractivity contribution in [3.63, 3.8) is 0 Å². The molecule has 0 aromatic carbocycles. The van der Waals surface area contributed by atoms with Crippen LogP contribution in [0.2, 0.25) is 0 Å². The molecule has 0 saturated carbocycles. The zero-order valence-corrected chi connectivity index (χ0v) is 15.3. The maximum Gasteiger partial charge on any atom is 0.236 e. The minimum absolute atomic E-state index is 0.0715. The Labute approximate surface area is 149 Å². The summed E-state index contributed by atoms with van der Waals surface area (Å²) in [5.41, 5.74) is 1.13. The minimum atomic E-state index is 0.0715. The minimum Gasteiger partial charge on any atom is -0.348 e. The second-order valence-corrected chi connectivity index (χ2v) is 7.80. The summed E-state index contributed by atoms with van der Waals surface area (Å²) in [6.45, 7) is 3.57. The highest BCUT2D eigenvalue weighted by Gasteiger charge is 2.42. The van der Waals surface area contributed by atoms with E-state index < -0.39 is 0 Å². The van der Waals surface area contributed by atoms with Crippen LogP contribution in [0.3, 0.4) is 0 Å². The van der Waals surface area contributed by atoms with Crippen LogP contribution in [0.25, 0.3) is 0 Å². The Balaban J connectivity index is 1.62. The summed E-state index contributed by atoms with van der Waals surface area (Å²) < 4.78 is 0. The highest BCUT2D eigenvalue weighted by atomic mass is 16.2. The van der Waals surface area contributed by atoms with Crippen LogP contribution in [0.5, 0.6) is 0 Å². The first-order valence-corrected chi connectivity index (χ1v) is 9.15. The molecule has 1 spiro atoms. The van der Waals surface area contributed by atoms with E-state index in [1.807, 2.05) is 35.0 Å². The van der Waals surface area contributed by atoms with E-state index in [9.17, 15) is 9.59 Å². The summed E-state index contributed by atoms with van der Waals surface area (Å²) in [7, 11) is 3.85. The number of hydrogen-bond acceptors (Lipinski definition) is 4. The zero-order chi connectivity index (χ0) is 17.9. The van der Waals surface area contributed by atoms with E-state index in [0.29, 0.717) is 19.5 Å². The van der Waals surface area contributed by atoms with Crippen molar-refractivity contribution in [3.05, 3.63) is 18.2 Å². The van der Waals surface area contributed by atoms with Gasteiger partial charge in [-0.1, -0.05) is 0 Å². The molecule has 2 amide bonds. The van der Waals surface area contributed by atoms with Crippen LogP contribution < -0.4 is 0 Å². The van der Waals surface area contributed by atoms with Crippen LogP contribution in [0.15, 0.2) is 12.5 Å². The molecular weight excluding hydrogens is 318 g/mol. The summed E-state index contributed by atoms with van der Waals surface area (Å²) in [5.74, 6) is 0.437. The standard InChI is InChI=1S/C18H29N5O2/c1-21(2)11-17(25)22-8-3-6-18(12-22)7-4-16(24)23(13-18)9-5-15-10-19-14-20-15/h10,14H,3-9,11-13H2,1-2H3,(H,19,20). The molecule has 1 unspecified atom stereocenters. The number of H-pyrrole nitrogens is 1. The van der Waals surface area contributed by atoms with E-state index in [4.69, 9.17) is 0 Å². The highest BCUT2D eigenvalue weighted by Crippen LogP contribution is 2.38. The largest absolute Gasteiger partial charge is 0.348 e. The normalized spacial score (nSPS) is 24.4. The number of carbonyl (C=O) groups is 2. The Bertz CT molecular complexity index is 601. The third kappa shape index (κ3) is 4.39. The zero-order valence-electron chi connectivity index (χ0n) is 15.3. The molecule has 138 valence electrons. The molecule has 3 heterocycles. The van der Waals surface area contributed by atoms with Crippen molar-refractivity contribution in [2.24, 2.45) is 5.41 Å². The first-order valence-electron chi connectivity index (χ1n) is 9.15. The molecule has 3 rings (SSSR count). The molecule has 2 aliphatic heterocycles. The van der Waals surface area contributed by atoms with Gasteiger partial charge in [0.1, 0.15) is 0 Å². The second kappa shape index (κ2) is 7.56. The van der Waals surface area contributed by atoms with E-state index in [1.54, 1.807) is 6.33 Å². The van der Waals surface area contributed by atoms with Gasteiger partial charge in [0, 0.05) is 56.3 Å².